The first-order chi connectivity index (χ1) is 14.4. The number of halogens is 1. The molecule has 0 unspecified atom stereocenters. The van der Waals surface area contributed by atoms with Gasteiger partial charge in [-0.1, -0.05) is 29.5 Å². The van der Waals surface area contributed by atoms with E-state index in [9.17, 15) is 9.59 Å². The maximum atomic E-state index is 13.6. The summed E-state index contributed by atoms with van der Waals surface area (Å²) in [4.78, 5) is 34.1. The number of esters is 1. The molecule has 1 heterocycles. The summed E-state index contributed by atoms with van der Waals surface area (Å²) in [5.74, 6) is -0.185. The average molecular weight is 464 g/mol. The van der Waals surface area contributed by atoms with Crippen molar-refractivity contribution in [2.45, 2.75) is 6.92 Å². The highest BCUT2D eigenvalue weighted by atomic mass is 35.5. The Morgan fingerprint density at radius 2 is 1.71 bits per heavy atom. The molecule has 0 aliphatic carbocycles. The van der Waals surface area contributed by atoms with E-state index < -0.39 is 5.97 Å². The summed E-state index contributed by atoms with van der Waals surface area (Å²) < 4.78 is 11.3. The van der Waals surface area contributed by atoms with Crippen LogP contribution in [0.2, 0.25) is 0 Å². The summed E-state index contributed by atoms with van der Waals surface area (Å²) in [7, 11) is 6.79. The van der Waals surface area contributed by atoms with Crippen LogP contribution in [0.4, 0.5) is 5.13 Å². The second-order valence-electron chi connectivity index (χ2n) is 7.06. The molecule has 0 saturated heterocycles. The van der Waals surface area contributed by atoms with Crippen molar-refractivity contribution in [2.24, 2.45) is 0 Å². The Balaban J connectivity index is 0.00000341. The van der Waals surface area contributed by atoms with Gasteiger partial charge in [-0.3, -0.25) is 9.69 Å². The van der Waals surface area contributed by atoms with Gasteiger partial charge in [0.05, 0.1) is 30.0 Å². The predicted octanol–water partition coefficient (Wildman–Crippen LogP) is 4.03. The predicted molar refractivity (Wildman–Crippen MR) is 126 cm³/mol. The number of likely N-dealkylation sites (N-methyl/N-ethyl adjacent to an activating group) is 1. The van der Waals surface area contributed by atoms with Crippen molar-refractivity contribution in [2.75, 3.05) is 46.3 Å². The maximum absolute atomic E-state index is 13.6. The highest BCUT2D eigenvalue weighted by Crippen LogP contribution is 2.37. The first-order valence-corrected chi connectivity index (χ1v) is 10.3. The minimum atomic E-state index is -0.548. The molecular weight excluding hydrogens is 438 g/mol. The van der Waals surface area contributed by atoms with Crippen LogP contribution < -0.4 is 9.64 Å². The number of aryl methyl sites for hydroxylation is 1. The molecule has 0 fully saturated rings. The molecule has 0 aliphatic heterocycles. The third-order valence-electron chi connectivity index (χ3n) is 4.72. The van der Waals surface area contributed by atoms with E-state index in [4.69, 9.17) is 14.5 Å². The molecule has 0 spiro atoms. The van der Waals surface area contributed by atoms with Crippen molar-refractivity contribution in [1.29, 1.82) is 0 Å². The number of carbonyl (C=O) groups excluding carboxylic acids is 2. The number of fused-ring (bicyclic) bond motifs is 1. The topological polar surface area (TPSA) is 72.0 Å². The fourth-order valence-corrected chi connectivity index (χ4v) is 4.14. The van der Waals surface area contributed by atoms with Gasteiger partial charge < -0.3 is 14.4 Å². The maximum Gasteiger partial charge on any atom is 0.338 e. The molecule has 0 saturated carbocycles. The summed E-state index contributed by atoms with van der Waals surface area (Å²) in [6.07, 6.45) is 0. The standard InChI is InChI=1S/C22H25N3O4S.ClH/c1-14-10-11-17(28-4)18-19(14)30-22(23-18)25(13-12-24(2)3)20(26)15-8-6-7-9-16(15)21(27)29-5;/h6-11H,12-13H2,1-5H3;1H. The smallest absolute Gasteiger partial charge is 0.338 e. The molecule has 1 amide bonds. The number of amides is 1. The number of thiazole rings is 1. The van der Waals surface area contributed by atoms with Gasteiger partial charge in [-0.25, -0.2) is 9.78 Å². The number of anilines is 1. The van der Waals surface area contributed by atoms with Crippen LogP contribution in [0.3, 0.4) is 0 Å². The molecule has 0 radical (unpaired) electrons. The lowest BCUT2D eigenvalue weighted by Gasteiger charge is -2.22. The Morgan fingerprint density at radius 3 is 2.32 bits per heavy atom. The first-order valence-electron chi connectivity index (χ1n) is 9.45. The number of nitrogens with zero attached hydrogens (tertiary/aromatic N) is 3. The van der Waals surface area contributed by atoms with Crippen LogP contribution in [0.1, 0.15) is 26.3 Å². The van der Waals surface area contributed by atoms with Crippen molar-refractivity contribution in [3.05, 3.63) is 53.1 Å². The quantitative estimate of drug-likeness (QED) is 0.492. The van der Waals surface area contributed by atoms with Gasteiger partial charge >= 0.3 is 5.97 Å². The van der Waals surface area contributed by atoms with Crippen LogP contribution in [-0.2, 0) is 4.74 Å². The molecule has 9 heteroatoms. The van der Waals surface area contributed by atoms with Gasteiger partial charge in [0.15, 0.2) is 5.13 Å². The molecule has 31 heavy (non-hydrogen) atoms. The normalized spacial score (nSPS) is 10.6. The number of rotatable bonds is 7. The van der Waals surface area contributed by atoms with Crippen LogP contribution in [0.15, 0.2) is 36.4 Å². The van der Waals surface area contributed by atoms with Crippen LogP contribution in [-0.4, -0.2) is 63.2 Å². The molecule has 166 valence electrons. The SMILES string of the molecule is COC(=O)c1ccccc1C(=O)N(CCN(C)C)c1nc2c(OC)ccc(C)c2s1.Cl. The van der Waals surface area contributed by atoms with E-state index >= 15 is 0 Å². The molecule has 1 aromatic heterocycles. The zero-order chi connectivity index (χ0) is 21.8. The minimum Gasteiger partial charge on any atom is -0.494 e. The Bertz CT molecular complexity index is 1080. The molecule has 0 N–H and O–H groups in total. The van der Waals surface area contributed by atoms with Gasteiger partial charge in [0.25, 0.3) is 5.91 Å². The molecular formula is C22H26ClN3O4S. The Kier molecular flexibility index (Phi) is 8.38. The fraction of sp³-hybridized carbons (Fsp3) is 0.318. The number of hydrogen-bond acceptors (Lipinski definition) is 7. The Morgan fingerprint density at radius 1 is 1.03 bits per heavy atom. The number of carbonyl (C=O) groups is 2. The fourth-order valence-electron chi connectivity index (χ4n) is 3.07. The zero-order valence-electron chi connectivity index (χ0n) is 18.2. The van der Waals surface area contributed by atoms with E-state index in [1.807, 2.05) is 38.1 Å². The molecule has 0 bridgehead atoms. The molecule has 2 aromatic carbocycles. The Labute approximate surface area is 192 Å². The monoisotopic (exact) mass is 463 g/mol. The van der Waals surface area contributed by atoms with Gasteiger partial charge in [-0.05, 0) is 44.8 Å². The number of aromatic nitrogens is 1. The lowest BCUT2D eigenvalue weighted by molar-refractivity contribution is 0.0597. The lowest BCUT2D eigenvalue weighted by atomic mass is 10.1. The third-order valence-corrected chi connectivity index (χ3v) is 5.94. The van der Waals surface area contributed by atoms with Crippen LogP contribution in [0.5, 0.6) is 5.75 Å². The molecule has 3 rings (SSSR count). The summed E-state index contributed by atoms with van der Waals surface area (Å²) in [5.41, 5.74) is 2.30. The van der Waals surface area contributed by atoms with E-state index in [2.05, 4.69) is 0 Å². The van der Waals surface area contributed by atoms with Crippen molar-refractivity contribution in [3.63, 3.8) is 0 Å². The second-order valence-corrected chi connectivity index (χ2v) is 8.03. The first kappa shape index (κ1) is 24.6. The summed E-state index contributed by atoms with van der Waals surface area (Å²) >= 11 is 1.44. The van der Waals surface area contributed by atoms with Crippen molar-refractivity contribution < 1.29 is 19.1 Å². The highest BCUT2D eigenvalue weighted by molar-refractivity contribution is 7.22. The molecule has 0 atom stereocenters. The summed E-state index contributed by atoms with van der Waals surface area (Å²) in [6, 6.07) is 10.5. The van der Waals surface area contributed by atoms with E-state index in [0.29, 0.717) is 24.0 Å². The van der Waals surface area contributed by atoms with Crippen molar-refractivity contribution >= 4 is 51.0 Å². The zero-order valence-corrected chi connectivity index (χ0v) is 19.8. The number of hydrogen-bond donors (Lipinski definition) is 0. The Hall–Kier alpha value is -2.68. The minimum absolute atomic E-state index is 0. The third kappa shape index (κ3) is 5.15. The van der Waals surface area contributed by atoms with Crippen LogP contribution in [0.25, 0.3) is 10.2 Å². The summed E-state index contributed by atoms with van der Waals surface area (Å²) in [6.45, 7) is 3.06. The molecule has 3 aromatic rings. The number of methoxy groups -OCH3 is 2. The summed E-state index contributed by atoms with van der Waals surface area (Å²) in [5, 5.41) is 0.559. The largest absolute Gasteiger partial charge is 0.494 e. The number of ether oxygens (including phenoxy) is 2. The lowest BCUT2D eigenvalue weighted by Crippen LogP contribution is -2.37. The van der Waals surface area contributed by atoms with Crippen molar-refractivity contribution in [1.82, 2.24) is 9.88 Å². The van der Waals surface area contributed by atoms with E-state index in [0.717, 1.165) is 15.8 Å². The van der Waals surface area contributed by atoms with Gasteiger partial charge in [-0.2, -0.15) is 0 Å². The van der Waals surface area contributed by atoms with E-state index in [1.54, 1.807) is 36.3 Å². The van der Waals surface area contributed by atoms with Gasteiger partial charge in [0.1, 0.15) is 11.3 Å². The average Bonchev–Trinajstić information content (AvgIpc) is 3.19. The van der Waals surface area contributed by atoms with E-state index in [1.165, 1.54) is 18.4 Å². The van der Waals surface area contributed by atoms with E-state index in [-0.39, 0.29) is 29.4 Å². The van der Waals surface area contributed by atoms with Crippen molar-refractivity contribution in [3.8, 4) is 5.75 Å². The second kappa shape index (κ2) is 10.6. The number of benzene rings is 2. The highest BCUT2D eigenvalue weighted by Gasteiger charge is 2.26. The van der Waals surface area contributed by atoms with Gasteiger partial charge in [0, 0.05) is 13.1 Å². The molecule has 0 aliphatic rings. The van der Waals surface area contributed by atoms with Crippen LogP contribution >= 0.6 is 23.7 Å². The van der Waals surface area contributed by atoms with Crippen LogP contribution in [0, 0.1) is 6.92 Å². The van der Waals surface area contributed by atoms with Gasteiger partial charge in [-0.15, -0.1) is 12.4 Å². The van der Waals surface area contributed by atoms with Gasteiger partial charge in [0.2, 0.25) is 0 Å². The molecule has 7 nitrogen and oxygen atoms in total.